The minimum absolute atomic E-state index is 0.0574. The van der Waals surface area contributed by atoms with Crippen molar-refractivity contribution in [2.24, 2.45) is 0 Å². The second-order valence-corrected chi connectivity index (χ2v) is 7.76. The lowest BCUT2D eigenvalue weighted by Crippen LogP contribution is -2.29. The van der Waals surface area contributed by atoms with E-state index in [-0.39, 0.29) is 22.8 Å². The summed E-state index contributed by atoms with van der Waals surface area (Å²) in [4.78, 5) is 31.3. The number of hydrogen-bond donors (Lipinski definition) is 2. The van der Waals surface area contributed by atoms with Crippen molar-refractivity contribution in [3.05, 3.63) is 93.7 Å². The predicted octanol–water partition coefficient (Wildman–Crippen LogP) is 4.48. The summed E-state index contributed by atoms with van der Waals surface area (Å²) >= 11 is 3.42. The number of halogens is 1. The third kappa shape index (κ3) is 3.27. The van der Waals surface area contributed by atoms with Crippen LogP contribution >= 0.6 is 15.9 Å². The summed E-state index contributed by atoms with van der Waals surface area (Å²) in [6.45, 7) is 1.86. The van der Waals surface area contributed by atoms with Gasteiger partial charge in [0.1, 0.15) is 11.5 Å². The lowest BCUT2D eigenvalue weighted by atomic mass is 9.95. The Hall–Kier alpha value is -3.45. The molecule has 0 spiro atoms. The van der Waals surface area contributed by atoms with Crippen molar-refractivity contribution in [2.75, 3.05) is 4.90 Å². The van der Waals surface area contributed by atoms with Crippen molar-refractivity contribution < 1.29 is 19.8 Å². The number of pyridine rings is 1. The van der Waals surface area contributed by atoms with E-state index in [2.05, 4.69) is 20.9 Å². The monoisotopic (exact) mass is 464 g/mol. The second-order valence-electron chi connectivity index (χ2n) is 6.91. The third-order valence-corrected chi connectivity index (χ3v) is 5.91. The maximum absolute atomic E-state index is 13.0. The van der Waals surface area contributed by atoms with Crippen LogP contribution in [0.2, 0.25) is 0 Å². The molecule has 1 amide bonds. The van der Waals surface area contributed by atoms with Crippen molar-refractivity contribution in [3.63, 3.8) is 0 Å². The fourth-order valence-electron chi connectivity index (χ4n) is 3.55. The number of aliphatic hydroxyl groups excluding tert-OH is 1. The molecule has 1 saturated heterocycles. The van der Waals surface area contributed by atoms with Gasteiger partial charge < -0.3 is 10.2 Å². The number of para-hydroxylation sites is 2. The van der Waals surface area contributed by atoms with Crippen molar-refractivity contribution in [3.8, 4) is 5.75 Å². The Balaban J connectivity index is 1.97. The average Bonchev–Trinajstić information content (AvgIpc) is 3.01. The smallest absolute Gasteiger partial charge is 0.300 e. The minimum Gasteiger partial charge on any atom is -0.507 e. The third-order valence-electron chi connectivity index (χ3n) is 5.02. The van der Waals surface area contributed by atoms with E-state index in [0.29, 0.717) is 11.1 Å². The number of hydrogen-bond acceptors (Lipinski definition) is 5. The number of benzene rings is 2. The Labute approximate surface area is 181 Å². The molecule has 1 atom stereocenters. The lowest BCUT2D eigenvalue weighted by molar-refractivity contribution is -0.132. The largest absolute Gasteiger partial charge is 0.507 e. The van der Waals surface area contributed by atoms with Crippen molar-refractivity contribution in [1.82, 2.24) is 4.98 Å². The Morgan fingerprint density at radius 2 is 1.87 bits per heavy atom. The number of aromatic nitrogens is 1. The first kappa shape index (κ1) is 19.8. The number of anilines is 1. The number of phenols is 1. The molecule has 2 N–H and O–H groups in total. The number of Topliss-reactive ketones (excluding diaryl/α,β-unsaturated/α-hetero) is 1. The van der Waals surface area contributed by atoms with Gasteiger partial charge in [-0.2, -0.15) is 0 Å². The van der Waals surface area contributed by atoms with Gasteiger partial charge in [-0.25, -0.2) is 0 Å². The summed E-state index contributed by atoms with van der Waals surface area (Å²) < 4.78 is 0.859. The number of ketones is 1. The van der Waals surface area contributed by atoms with Crippen LogP contribution in [0.1, 0.15) is 22.7 Å². The number of amides is 1. The van der Waals surface area contributed by atoms with Gasteiger partial charge in [0.25, 0.3) is 11.7 Å². The predicted molar refractivity (Wildman–Crippen MR) is 116 cm³/mol. The zero-order chi connectivity index (χ0) is 21.4. The van der Waals surface area contributed by atoms with Crippen LogP contribution in [-0.2, 0) is 9.59 Å². The van der Waals surface area contributed by atoms with Gasteiger partial charge in [0.15, 0.2) is 0 Å². The minimum atomic E-state index is -0.934. The quantitative estimate of drug-likeness (QED) is 0.338. The number of phenolic OH excluding ortho intramolecular Hbond substituents is 1. The molecule has 1 fully saturated rings. The number of aryl methyl sites for hydroxylation is 1. The fourth-order valence-corrected chi connectivity index (χ4v) is 3.80. The molecule has 0 radical (unpaired) electrons. The van der Waals surface area contributed by atoms with Crippen molar-refractivity contribution >= 4 is 39.1 Å². The maximum Gasteiger partial charge on any atom is 0.300 e. The van der Waals surface area contributed by atoms with Crippen molar-refractivity contribution in [1.29, 1.82) is 0 Å². The molecule has 6 nitrogen and oxygen atoms in total. The van der Waals surface area contributed by atoms with E-state index in [1.54, 1.807) is 54.7 Å². The van der Waals surface area contributed by atoms with Gasteiger partial charge >= 0.3 is 0 Å². The number of carbonyl (C=O) groups is 2. The molecule has 2 aromatic carbocycles. The van der Waals surface area contributed by atoms with Crippen LogP contribution in [-0.4, -0.2) is 26.9 Å². The molecule has 150 valence electrons. The summed E-state index contributed by atoms with van der Waals surface area (Å²) in [5.74, 6) is -2.09. The molecule has 0 aliphatic carbocycles. The van der Waals surface area contributed by atoms with E-state index in [1.807, 2.05) is 6.92 Å². The number of nitrogens with zero attached hydrogens (tertiary/aromatic N) is 2. The highest BCUT2D eigenvalue weighted by Gasteiger charge is 2.47. The zero-order valence-electron chi connectivity index (χ0n) is 15.9. The van der Waals surface area contributed by atoms with Crippen LogP contribution in [0, 0.1) is 6.92 Å². The van der Waals surface area contributed by atoms with E-state index in [0.717, 1.165) is 10.0 Å². The highest BCUT2D eigenvalue weighted by Crippen LogP contribution is 2.44. The number of carbonyl (C=O) groups excluding carboxylic acids is 2. The average molecular weight is 465 g/mol. The molecule has 30 heavy (non-hydrogen) atoms. The van der Waals surface area contributed by atoms with Gasteiger partial charge in [0, 0.05) is 22.4 Å². The van der Waals surface area contributed by atoms with Gasteiger partial charge in [-0.1, -0.05) is 40.2 Å². The molecule has 3 aromatic rings. The van der Waals surface area contributed by atoms with Crippen LogP contribution in [0.4, 0.5) is 5.69 Å². The first-order valence-electron chi connectivity index (χ1n) is 9.15. The molecular weight excluding hydrogens is 448 g/mol. The Bertz CT molecular complexity index is 1190. The van der Waals surface area contributed by atoms with Crippen LogP contribution in [0.5, 0.6) is 5.75 Å². The molecule has 4 rings (SSSR count). The van der Waals surface area contributed by atoms with Gasteiger partial charge in [0.05, 0.1) is 17.3 Å². The normalized spacial score (nSPS) is 18.1. The highest BCUT2D eigenvalue weighted by molar-refractivity contribution is 9.10. The van der Waals surface area contributed by atoms with E-state index in [4.69, 9.17) is 0 Å². The summed E-state index contributed by atoms with van der Waals surface area (Å²) in [6.07, 6.45) is 3.11. The molecule has 7 heteroatoms. The Morgan fingerprint density at radius 1 is 1.10 bits per heavy atom. The van der Waals surface area contributed by atoms with Gasteiger partial charge in [-0.05, 0) is 48.4 Å². The molecule has 1 aliphatic heterocycles. The van der Waals surface area contributed by atoms with E-state index >= 15 is 0 Å². The highest BCUT2D eigenvalue weighted by atomic mass is 79.9. The number of aromatic hydroxyl groups is 1. The molecule has 0 bridgehead atoms. The van der Waals surface area contributed by atoms with Crippen molar-refractivity contribution in [2.45, 2.75) is 13.0 Å². The van der Waals surface area contributed by atoms with Crippen LogP contribution in [0.15, 0.2) is 77.0 Å². The van der Waals surface area contributed by atoms with E-state index < -0.39 is 17.7 Å². The van der Waals surface area contributed by atoms with Crippen LogP contribution in [0.3, 0.4) is 0 Å². The molecule has 1 unspecified atom stereocenters. The standard InChI is InChI=1S/C23H17BrN2O4/c1-13-11-14(8-9-16(13)24)21(28)19-20(15-5-4-10-25-12-15)26(23(30)22(19)29)17-6-2-3-7-18(17)27/h2-12,20,27-28H,1H3/b21-19-. The molecule has 0 saturated carbocycles. The van der Waals surface area contributed by atoms with Crippen LogP contribution in [0.25, 0.3) is 5.76 Å². The maximum atomic E-state index is 13.0. The summed E-state index contributed by atoms with van der Waals surface area (Å²) in [7, 11) is 0. The molecule has 1 aliphatic rings. The first-order chi connectivity index (χ1) is 14.4. The second kappa shape index (κ2) is 7.76. The topological polar surface area (TPSA) is 90.7 Å². The first-order valence-corrected chi connectivity index (χ1v) is 9.95. The molecule has 1 aromatic heterocycles. The zero-order valence-corrected chi connectivity index (χ0v) is 17.5. The molecular formula is C23H17BrN2O4. The van der Waals surface area contributed by atoms with Gasteiger partial charge in [-0.15, -0.1) is 0 Å². The Kier molecular flexibility index (Phi) is 5.13. The lowest BCUT2D eigenvalue weighted by Gasteiger charge is -2.25. The van der Waals surface area contributed by atoms with E-state index in [1.165, 1.54) is 17.2 Å². The van der Waals surface area contributed by atoms with Gasteiger partial charge in [-0.3, -0.25) is 19.5 Å². The number of aliphatic hydroxyl groups is 1. The SMILES string of the molecule is Cc1cc(/C(O)=C2/C(=O)C(=O)N(c3ccccc3O)C2c2cccnc2)ccc1Br. The Morgan fingerprint density at radius 3 is 2.53 bits per heavy atom. The number of rotatable bonds is 3. The fraction of sp³-hybridized carbons (Fsp3) is 0.0870. The summed E-state index contributed by atoms with van der Waals surface area (Å²) in [5, 5.41) is 21.4. The van der Waals surface area contributed by atoms with Crippen LogP contribution < -0.4 is 4.90 Å². The van der Waals surface area contributed by atoms with E-state index in [9.17, 15) is 19.8 Å². The summed E-state index contributed by atoms with van der Waals surface area (Å²) in [5.41, 5.74) is 1.94. The molecule has 2 heterocycles. The van der Waals surface area contributed by atoms with Gasteiger partial charge in [0.2, 0.25) is 0 Å². The summed E-state index contributed by atoms with van der Waals surface area (Å²) in [6, 6.07) is 13.9.